The number of rotatable bonds is 6. The molecule has 0 fully saturated rings. The van der Waals surface area contributed by atoms with E-state index < -0.39 is 0 Å². The molecule has 18 aromatic carbocycles. The SMILES string of the molecule is CC(C)(C)c1cc2c3c(c1)N(c1ccc(-c4ccccc4)cc1)c1c4c(cc5oc6ccccc6c15)Oc1cc5oc6ccccc6c5c(c1B34)N2c1ccc(-c2ccccc2)cc1.CC(C)(C)c1cc2c3c(c1)N(c1ccc4ccccc4c1)c1c4c(cc5oc6ccccc6c15)Oc1cc5oc6ccccc6c5c(c1B34)N2c1ccc2ccccc2c1. The van der Waals surface area contributed by atoms with Crippen molar-refractivity contribution in [3.8, 4) is 45.3 Å². The third-order valence-electron chi connectivity index (χ3n) is 27.1. The van der Waals surface area contributed by atoms with Crippen molar-refractivity contribution < 1.29 is 27.1 Å². The molecule has 0 atom stereocenters. The predicted molar refractivity (Wildman–Crippen MR) is 513 cm³/mol. The number of hydrogen-bond acceptors (Lipinski definition) is 10. The second-order valence-corrected chi connectivity index (χ2v) is 36.1. The lowest BCUT2D eigenvalue weighted by molar-refractivity contribution is 0.486. The van der Waals surface area contributed by atoms with Gasteiger partial charge in [-0.2, -0.15) is 0 Å². The smallest absolute Gasteiger partial charge is 0.261 e. The molecule has 10 heterocycles. The van der Waals surface area contributed by atoms with E-state index in [0.29, 0.717) is 0 Å². The topological polar surface area (TPSA) is 84.0 Å². The molecule has 12 heteroatoms. The van der Waals surface area contributed by atoms with Crippen molar-refractivity contribution in [1.82, 2.24) is 0 Å². The average Bonchev–Trinajstić information content (AvgIpc) is 0.999. The van der Waals surface area contributed by atoms with Gasteiger partial charge in [-0.25, -0.2) is 0 Å². The Balaban J connectivity index is 0.000000130. The van der Waals surface area contributed by atoms with E-state index in [-0.39, 0.29) is 24.3 Å². The highest BCUT2D eigenvalue weighted by Crippen LogP contribution is 2.59. The Kier molecular flexibility index (Phi) is 14.1. The highest BCUT2D eigenvalue weighted by Gasteiger charge is 2.54. The van der Waals surface area contributed by atoms with E-state index in [1.165, 1.54) is 65.9 Å². The standard InChI is InChI=1S/C58H39BN2O3.C54H35BN2O3/c1-58(2,3)38-30-43-53-44(31-38)61(40-28-24-37(25-29-40)35-16-8-5-9-17-35)57-52-42-19-11-13-21-46(42)63-48(52)33-50-55(57)59(53)54-49(64-50)32-47-51(41-18-10-12-20-45(41)62-47)56(54)60(43)39-26-22-36(23-27-39)34-14-6-4-7-15-34;1-54(2,3)34-26-39-49-40(27-34)57(36-23-21-31-13-5-7-15-33(31)25-36)53-48-38-17-9-11-19-42(38)59-44(48)29-46-51(53)55(49)50-45(60-46)28-43-47(37-16-8-10-18-41(37)58-43)52(50)56(39)35-22-20-30-12-4-6-14-32(30)24-35/h4-33H,1-3H3;4-29H,1-3H3. The number of benzene rings is 18. The van der Waals surface area contributed by atoms with Crippen molar-refractivity contribution in [1.29, 1.82) is 0 Å². The van der Waals surface area contributed by atoms with E-state index in [1.807, 2.05) is 12.1 Å². The molecule has 28 rings (SSSR count). The van der Waals surface area contributed by atoms with Crippen LogP contribution in [0.5, 0.6) is 23.0 Å². The maximum Gasteiger partial charge on any atom is 0.261 e. The summed E-state index contributed by atoms with van der Waals surface area (Å²) in [7, 11) is 0. The molecule has 22 aromatic rings. The molecule has 10 nitrogen and oxygen atoms in total. The van der Waals surface area contributed by atoms with Gasteiger partial charge in [0.15, 0.2) is 0 Å². The maximum absolute atomic E-state index is 7.28. The minimum absolute atomic E-state index is 0.141. The van der Waals surface area contributed by atoms with Gasteiger partial charge in [0.25, 0.3) is 13.4 Å². The highest BCUT2D eigenvalue weighted by molar-refractivity contribution is 7.03. The average molecular weight is 1590 g/mol. The molecule has 124 heavy (non-hydrogen) atoms. The third-order valence-corrected chi connectivity index (χ3v) is 27.1. The Morgan fingerprint density at radius 3 is 0.782 bits per heavy atom. The largest absolute Gasteiger partial charge is 0.458 e. The fourth-order valence-corrected chi connectivity index (χ4v) is 21.4. The molecule has 0 saturated heterocycles. The molecule has 0 radical (unpaired) electrons. The fourth-order valence-electron chi connectivity index (χ4n) is 21.4. The van der Waals surface area contributed by atoms with Crippen LogP contribution in [-0.2, 0) is 10.8 Å². The zero-order valence-electron chi connectivity index (χ0n) is 68.7. The fraction of sp³-hybridized carbons (Fsp3) is 0.0714. The summed E-state index contributed by atoms with van der Waals surface area (Å²) in [5.74, 6) is 3.20. The van der Waals surface area contributed by atoms with Crippen LogP contribution >= 0.6 is 0 Å². The highest BCUT2D eigenvalue weighted by atomic mass is 16.5. The van der Waals surface area contributed by atoms with Gasteiger partial charge in [-0.05, 0) is 196 Å². The number of nitrogens with zero attached hydrogens (tertiary/aromatic N) is 4. The Bertz CT molecular complexity index is 7970. The van der Waals surface area contributed by atoms with E-state index in [0.717, 1.165) is 201 Å². The van der Waals surface area contributed by atoms with Crippen molar-refractivity contribution in [3.63, 3.8) is 0 Å². The molecule has 584 valence electrons. The molecule has 4 aromatic heterocycles. The van der Waals surface area contributed by atoms with Crippen LogP contribution in [-0.4, -0.2) is 13.4 Å². The molecule has 0 bridgehead atoms. The number of ether oxygens (including phenoxy) is 2. The molecule has 0 amide bonds. The van der Waals surface area contributed by atoms with E-state index in [1.54, 1.807) is 0 Å². The minimum atomic E-state index is -0.188. The van der Waals surface area contributed by atoms with E-state index >= 15 is 0 Å². The van der Waals surface area contributed by atoms with Crippen LogP contribution in [0.3, 0.4) is 0 Å². The monoisotopic (exact) mass is 1590 g/mol. The van der Waals surface area contributed by atoms with Crippen LogP contribution in [0.25, 0.3) is 132 Å². The first-order valence-corrected chi connectivity index (χ1v) is 42.9. The summed E-state index contributed by atoms with van der Waals surface area (Å²) in [6, 6.07) is 122. The second-order valence-electron chi connectivity index (χ2n) is 36.1. The first-order chi connectivity index (χ1) is 60.7. The Morgan fingerprint density at radius 2 is 0.476 bits per heavy atom. The summed E-state index contributed by atoms with van der Waals surface area (Å²) in [6.45, 7) is 13.6. The summed E-state index contributed by atoms with van der Waals surface area (Å²) in [6.07, 6.45) is 0. The van der Waals surface area contributed by atoms with Crippen LogP contribution in [0, 0.1) is 0 Å². The molecule has 0 spiro atoms. The van der Waals surface area contributed by atoms with Crippen LogP contribution in [0.1, 0.15) is 52.7 Å². The molecular formula is C112H74B2N4O6. The van der Waals surface area contributed by atoms with Crippen molar-refractivity contribution >= 4 is 224 Å². The van der Waals surface area contributed by atoms with Gasteiger partial charge < -0.3 is 46.7 Å². The molecule has 0 N–H and O–H groups in total. The third kappa shape index (κ3) is 9.78. The molecule has 0 aliphatic carbocycles. The number of fused-ring (bicyclic) bond motifs is 18. The van der Waals surface area contributed by atoms with Gasteiger partial charge in [-0.1, -0.05) is 260 Å². The molecule has 0 unspecified atom stereocenters. The van der Waals surface area contributed by atoms with Gasteiger partial charge in [0.1, 0.15) is 67.7 Å². The van der Waals surface area contributed by atoms with Crippen molar-refractivity contribution in [2.45, 2.75) is 52.4 Å². The first-order valence-electron chi connectivity index (χ1n) is 42.9. The van der Waals surface area contributed by atoms with Crippen molar-refractivity contribution in [2.24, 2.45) is 0 Å². The number of anilines is 12. The van der Waals surface area contributed by atoms with Crippen molar-refractivity contribution in [2.75, 3.05) is 19.6 Å². The zero-order chi connectivity index (χ0) is 82.0. The Hall–Kier alpha value is -15.4. The Morgan fingerprint density at radius 1 is 0.218 bits per heavy atom. The van der Waals surface area contributed by atoms with E-state index in [2.05, 4.69) is 389 Å². The maximum atomic E-state index is 7.28. The predicted octanol–water partition coefficient (Wildman–Crippen LogP) is 27.6. The quantitative estimate of drug-likeness (QED) is 0.150. The Labute approximate surface area is 714 Å². The van der Waals surface area contributed by atoms with Gasteiger partial charge in [0, 0.05) is 91.3 Å². The molecule has 0 saturated carbocycles. The summed E-state index contributed by atoms with van der Waals surface area (Å²) >= 11 is 0. The molecule has 6 aliphatic heterocycles. The normalized spacial score (nSPS) is 13.8. The molecular weight excluding hydrogens is 1520 g/mol. The minimum Gasteiger partial charge on any atom is -0.458 e. The van der Waals surface area contributed by atoms with Crippen LogP contribution in [0.2, 0.25) is 0 Å². The second kappa shape index (κ2) is 25.1. The summed E-state index contributed by atoms with van der Waals surface area (Å²) < 4.78 is 41.6. The summed E-state index contributed by atoms with van der Waals surface area (Å²) in [5.41, 5.74) is 33.8. The van der Waals surface area contributed by atoms with Gasteiger partial charge in [0.05, 0.1) is 44.3 Å². The lowest BCUT2D eigenvalue weighted by Crippen LogP contribution is -2.63. The van der Waals surface area contributed by atoms with E-state index in [4.69, 9.17) is 27.1 Å². The van der Waals surface area contributed by atoms with Crippen molar-refractivity contribution in [3.05, 3.63) is 351 Å². The van der Waals surface area contributed by atoms with Crippen LogP contribution < -0.4 is 61.9 Å². The number of furan rings is 4. The zero-order valence-corrected chi connectivity index (χ0v) is 68.7. The molecule has 6 aliphatic rings. The lowest BCUT2D eigenvalue weighted by atomic mass is 9.32. The van der Waals surface area contributed by atoms with E-state index in [9.17, 15) is 0 Å². The van der Waals surface area contributed by atoms with Gasteiger partial charge in [-0.3, -0.25) is 0 Å². The number of para-hydroxylation sites is 4. The van der Waals surface area contributed by atoms with Gasteiger partial charge >= 0.3 is 0 Å². The summed E-state index contributed by atoms with van der Waals surface area (Å²) in [4.78, 5) is 10.0. The first kappa shape index (κ1) is 69.4. The van der Waals surface area contributed by atoms with Crippen LogP contribution in [0.4, 0.5) is 68.2 Å². The summed E-state index contributed by atoms with van der Waals surface area (Å²) in [5, 5.41) is 13.5. The number of hydrogen-bond donors (Lipinski definition) is 0. The van der Waals surface area contributed by atoms with Gasteiger partial charge in [0.2, 0.25) is 0 Å². The van der Waals surface area contributed by atoms with Crippen LogP contribution in [0.15, 0.2) is 357 Å². The van der Waals surface area contributed by atoms with Gasteiger partial charge in [-0.15, -0.1) is 0 Å². The lowest BCUT2D eigenvalue weighted by Gasteiger charge is -2.47.